The van der Waals surface area contributed by atoms with Crippen LogP contribution < -0.4 is 0 Å². The van der Waals surface area contributed by atoms with Crippen molar-refractivity contribution in [2.24, 2.45) is 12.5 Å². The molecule has 0 amide bonds. The number of aliphatic hydroxyl groups excluding tert-OH is 1. The van der Waals surface area contributed by atoms with Gasteiger partial charge in [-0.2, -0.15) is 0 Å². The number of aryl methyl sites for hydroxylation is 2. The van der Waals surface area contributed by atoms with Crippen LogP contribution in [0.2, 0.25) is 0 Å². The van der Waals surface area contributed by atoms with Crippen LogP contribution in [0.25, 0.3) is 21.3 Å². The Balaban J connectivity index is 2.02. The van der Waals surface area contributed by atoms with E-state index in [0.717, 1.165) is 32.3 Å². The molecular formula is C21H22N4O3S. The first kappa shape index (κ1) is 19.5. The normalized spacial score (nSPS) is 13.3. The highest BCUT2D eigenvalue weighted by molar-refractivity contribution is 7.17. The SMILES string of the molecule is Cc1c([C@@H](c2cc(CO)c3sccc3c2)C(C)(C)C(=O)O)cnc2c1nnn2C. The fourth-order valence-corrected chi connectivity index (χ4v) is 4.86. The predicted molar refractivity (Wildman–Crippen MR) is 112 cm³/mol. The number of aliphatic hydroxyl groups is 1. The van der Waals surface area contributed by atoms with E-state index in [9.17, 15) is 15.0 Å². The third-order valence-electron chi connectivity index (χ3n) is 5.65. The number of aliphatic carboxylic acids is 1. The maximum absolute atomic E-state index is 12.3. The molecule has 0 unspecified atom stereocenters. The first-order valence-corrected chi connectivity index (χ1v) is 10.1. The van der Waals surface area contributed by atoms with Crippen LogP contribution in [0.15, 0.2) is 29.8 Å². The molecule has 150 valence electrons. The summed E-state index contributed by atoms with van der Waals surface area (Å²) in [4.78, 5) is 16.8. The van der Waals surface area contributed by atoms with Crippen LogP contribution in [0, 0.1) is 12.3 Å². The Morgan fingerprint density at radius 2 is 2.10 bits per heavy atom. The van der Waals surface area contributed by atoms with Crippen molar-refractivity contribution in [2.75, 3.05) is 0 Å². The number of fused-ring (bicyclic) bond motifs is 2. The van der Waals surface area contributed by atoms with Gasteiger partial charge in [0.25, 0.3) is 0 Å². The Hall–Kier alpha value is -2.84. The molecule has 0 aliphatic heterocycles. The number of carboxylic acid groups (broad SMARTS) is 1. The van der Waals surface area contributed by atoms with E-state index in [0.29, 0.717) is 11.2 Å². The molecule has 7 nitrogen and oxygen atoms in total. The smallest absolute Gasteiger partial charge is 0.310 e. The number of nitrogens with zero attached hydrogens (tertiary/aromatic N) is 4. The van der Waals surface area contributed by atoms with Gasteiger partial charge in [0.1, 0.15) is 5.52 Å². The second-order valence-electron chi connectivity index (χ2n) is 7.86. The Morgan fingerprint density at radius 1 is 1.34 bits per heavy atom. The number of hydrogen-bond acceptors (Lipinski definition) is 6. The van der Waals surface area contributed by atoms with E-state index in [-0.39, 0.29) is 6.61 Å². The summed E-state index contributed by atoms with van der Waals surface area (Å²) in [6.07, 6.45) is 1.73. The standard InChI is InChI=1S/C21H22N4O3S/c1-11-15(9-22-19-17(11)23-24-25(19)4)16(21(2,3)20(27)28)13-7-12-5-6-29-18(12)14(8-13)10-26/h5-9,16,26H,10H2,1-4H3,(H,27,28)/t16-/m1/s1. The minimum atomic E-state index is -1.11. The largest absolute Gasteiger partial charge is 0.481 e. The van der Waals surface area contributed by atoms with Gasteiger partial charge in [0.05, 0.1) is 12.0 Å². The number of carboxylic acids is 1. The lowest BCUT2D eigenvalue weighted by atomic mass is 9.70. The van der Waals surface area contributed by atoms with Gasteiger partial charge in [0.2, 0.25) is 0 Å². The molecule has 4 rings (SSSR count). The first-order valence-electron chi connectivity index (χ1n) is 9.24. The highest BCUT2D eigenvalue weighted by atomic mass is 32.1. The number of rotatable bonds is 5. The van der Waals surface area contributed by atoms with Gasteiger partial charge in [-0.3, -0.25) is 4.79 Å². The summed E-state index contributed by atoms with van der Waals surface area (Å²) in [5.41, 5.74) is 3.49. The van der Waals surface area contributed by atoms with Crippen LogP contribution in [-0.2, 0) is 18.4 Å². The molecule has 1 aromatic carbocycles. The molecule has 4 aromatic rings. The van der Waals surface area contributed by atoms with Gasteiger partial charge in [-0.15, -0.1) is 16.4 Å². The van der Waals surface area contributed by atoms with E-state index < -0.39 is 17.3 Å². The molecule has 0 aliphatic rings. The maximum atomic E-state index is 12.3. The van der Waals surface area contributed by atoms with Crippen molar-refractivity contribution >= 4 is 38.6 Å². The molecule has 1 atom stereocenters. The number of hydrogen-bond donors (Lipinski definition) is 2. The van der Waals surface area contributed by atoms with Crippen LogP contribution in [0.5, 0.6) is 0 Å². The van der Waals surface area contributed by atoms with Gasteiger partial charge < -0.3 is 10.2 Å². The fraction of sp³-hybridized carbons (Fsp3) is 0.333. The van der Waals surface area contributed by atoms with Crippen molar-refractivity contribution in [3.8, 4) is 0 Å². The lowest BCUT2D eigenvalue weighted by molar-refractivity contribution is -0.147. The summed E-state index contributed by atoms with van der Waals surface area (Å²) in [7, 11) is 1.78. The summed E-state index contributed by atoms with van der Waals surface area (Å²) < 4.78 is 2.62. The van der Waals surface area contributed by atoms with Crippen LogP contribution >= 0.6 is 11.3 Å². The van der Waals surface area contributed by atoms with Gasteiger partial charge in [-0.25, -0.2) is 9.67 Å². The summed E-state index contributed by atoms with van der Waals surface area (Å²) in [5, 5.41) is 31.2. The highest BCUT2D eigenvalue weighted by Crippen LogP contribution is 2.44. The van der Waals surface area contributed by atoms with Gasteiger partial charge in [-0.05, 0) is 65.9 Å². The summed E-state index contributed by atoms with van der Waals surface area (Å²) >= 11 is 1.57. The fourth-order valence-electron chi connectivity index (χ4n) is 3.97. The van der Waals surface area contributed by atoms with Crippen LogP contribution in [0.3, 0.4) is 0 Å². The molecule has 29 heavy (non-hydrogen) atoms. The van der Waals surface area contributed by atoms with Gasteiger partial charge >= 0.3 is 5.97 Å². The van der Waals surface area contributed by atoms with Gasteiger partial charge in [0.15, 0.2) is 5.65 Å². The topological polar surface area (TPSA) is 101 Å². The summed E-state index contributed by atoms with van der Waals surface area (Å²) in [5.74, 6) is -1.38. The summed E-state index contributed by atoms with van der Waals surface area (Å²) in [6, 6.07) is 5.92. The molecule has 0 saturated carbocycles. The molecule has 0 spiro atoms. The van der Waals surface area contributed by atoms with E-state index in [1.807, 2.05) is 30.5 Å². The molecule has 2 N–H and O–H groups in total. The molecular weight excluding hydrogens is 388 g/mol. The second kappa shape index (κ2) is 6.89. The quantitative estimate of drug-likeness (QED) is 0.521. The first-order chi connectivity index (χ1) is 13.8. The predicted octanol–water partition coefficient (Wildman–Crippen LogP) is 3.62. The summed E-state index contributed by atoms with van der Waals surface area (Å²) in [6.45, 7) is 5.26. The van der Waals surface area contributed by atoms with Crippen molar-refractivity contribution in [3.63, 3.8) is 0 Å². The molecule has 3 heterocycles. The number of pyridine rings is 1. The maximum Gasteiger partial charge on any atom is 0.310 e. The molecule has 0 aliphatic carbocycles. The van der Waals surface area contributed by atoms with Gasteiger partial charge in [0, 0.05) is 23.9 Å². The molecule has 0 saturated heterocycles. The molecule has 0 radical (unpaired) electrons. The monoisotopic (exact) mass is 410 g/mol. The Bertz CT molecular complexity index is 1240. The van der Waals surface area contributed by atoms with Gasteiger partial charge in [-0.1, -0.05) is 11.3 Å². The Labute approximate surface area is 171 Å². The van der Waals surface area contributed by atoms with E-state index in [1.165, 1.54) is 0 Å². The lowest BCUT2D eigenvalue weighted by Crippen LogP contribution is -2.32. The highest BCUT2D eigenvalue weighted by Gasteiger charge is 2.40. The minimum Gasteiger partial charge on any atom is -0.481 e. The van der Waals surface area contributed by atoms with Crippen molar-refractivity contribution in [1.82, 2.24) is 20.0 Å². The zero-order valence-corrected chi connectivity index (χ0v) is 17.5. The zero-order chi connectivity index (χ0) is 20.9. The van der Waals surface area contributed by atoms with Crippen molar-refractivity contribution in [2.45, 2.75) is 33.3 Å². The van der Waals surface area contributed by atoms with E-state index in [1.54, 1.807) is 43.1 Å². The Morgan fingerprint density at radius 3 is 2.79 bits per heavy atom. The van der Waals surface area contributed by atoms with E-state index in [2.05, 4.69) is 15.3 Å². The number of carbonyl (C=O) groups is 1. The Kier molecular flexibility index (Phi) is 4.63. The molecule has 3 aromatic heterocycles. The molecule has 0 bridgehead atoms. The minimum absolute atomic E-state index is 0.106. The number of aromatic nitrogens is 4. The van der Waals surface area contributed by atoms with Crippen LogP contribution in [0.1, 0.15) is 42.0 Å². The molecule has 8 heteroatoms. The molecule has 0 fully saturated rings. The number of thiophene rings is 1. The lowest BCUT2D eigenvalue weighted by Gasteiger charge is -2.32. The average Bonchev–Trinajstić information content (AvgIpc) is 3.30. The average molecular weight is 410 g/mol. The van der Waals surface area contributed by atoms with Crippen LogP contribution in [0.4, 0.5) is 0 Å². The zero-order valence-electron chi connectivity index (χ0n) is 16.7. The van der Waals surface area contributed by atoms with E-state index in [4.69, 9.17) is 0 Å². The third kappa shape index (κ3) is 2.99. The van der Waals surface area contributed by atoms with Crippen molar-refractivity contribution in [1.29, 1.82) is 0 Å². The third-order valence-corrected chi connectivity index (χ3v) is 6.66. The van der Waals surface area contributed by atoms with E-state index >= 15 is 0 Å². The van der Waals surface area contributed by atoms with Crippen molar-refractivity contribution in [3.05, 3.63) is 52.0 Å². The number of benzene rings is 1. The second-order valence-corrected chi connectivity index (χ2v) is 8.78. The van der Waals surface area contributed by atoms with Crippen molar-refractivity contribution < 1.29 is 15.0 Å². The van der Waals surface area contributed by atoms with Crippen LogP contribution in [-0.4, -0.2) is 36.2 Å².